The second kappa shape index (κ2) is 5.51. The number of rotatable bonds is 3. The first-order chi connectivity index (χ1) is 10.6. The Bertz CT molecular complexity index is 627. The molecule has 1 aromatic carbocycles. The van der Waals surface area contributed by atoms with Crippen molar-refractivity contribution in [2.24, 2.45) is 0 Å². The molecular formula is C16H19NO5. The van der Waals surface area contributed by atoms with Gasteiger partial charge in [-0.15, -0.1) is 0 Å². The second-order valence-corrected chi connectivity index (χ2v) is 5.50. The maximum absolute atomic E-state index is 12.2. The number of benzene rings is 1. The van der Waals surface area contributed by atoms with E-state index in [2.05, 4.69) is 0 Å². The van der Waals surface area contributed by atoms with E-state index in [-0.39, 0.29) is 17.9 Å². The minimum atomic E-state index is -0.560. The van der Waals surface area contributed by atoms with E-state index in [0.29, 0.717) is 30.8 Å². The summed E-state index contributed by atoms with van der Waals surface area (Å²) < 4.78 is 15.6. The predicted octanol–water partition coefficient (Wildman–Crippen LogP) is 1.46. The largest absolute Gasteiger partial charge is 0.493 e. The number of esters is 1. The molecule has 1 fully saturated rings. The average molecular weight is 305 g/mol. The van der Waals surface area contributed by atoms with E-state index in [4.69, 9.17) is 14.2 Å². The Labute approximate surface area is 128 Å². The van der Waals surface area contributed by atoms with Crippen LogP contribution in [0.5, 0.6) is 11.5 Å². The van der Waals surface area contributed by atoms with Crippen molar-refractivity contribution in [3.05, 3.63) is 23.3 Å². The molecule has 0 unspecified atom stereocenters. The zero-order valence-electron chi connectivity index (χ0n) is 12.9. The molecule has 0 aliphatic carbocycles. The number of ether oxygens (including phenoxy) is 3. The van der Waals surface area contributed by atoms with Gasteiger partial charge in [-0.25, -0.2) is 4.79 Å². The van der Waals surface area contributed by atoms with Gasteiger partial charge in [0.15, 0.2) is 11.5 Å². The van der Waals surface area contributed by atoms with Crippen LogP contribution in [0.1, 0.15) is 30.0 Å². The summed E-state index contributed by atoms with van der Waals surface area (Å²) in [5.41, 5.74) is 2.03. The Morgan fingerprint density at radius 3 is 2.50 bits per heavy atom. The third-order valence-electron chi connectivity index (χ3n) is 4.48. The van der Waals surface area contributed by atoms with Gasteiger partial charge in [0.2, 0.25) is 5.91 Å². The molecule has 0 saturated carbocycles. The molecule has 3 rings (SSSR count). The number of hydrogen-bond donors (Lipinski definition) is 0. The molecule has 2 heterocycles. The number of carbonyl (C=O) groups excluding carboxylic acids is 2. The summed E-state index contributed by atoms with van der Waals surface area (Å²) in [6, 6.07) is 3.15. The van der Waals surface area contributed by atoms with E-state index in [0.717, 1.165) is 11.1 Å². The molecule has 2 aliphatic heterocycles. The fourth-order valence-corrected chi connectivity index (χ4v) is 3.46. The van der Waals surface area contributed by atoms with Crippen LogP contribution in [0.25, 0.3) is 0 Å². The molecule has 1 amide bonds. The third kappa shape index (κ3) is 2.10. The highest BCUT2D eigenvalue weighted by molar-refractivity contribution is 5.87. The van der Waals surface area contributed by atoms with Gasteiger partial charge in [-0.3, -0.25) is 4.79 Å². The lowest BCUT2D eigenvalue weighted by Gasteiger charge is -2.37. The van der Waals surface area contributed by atoms with E-state index in [1.54, 1.807) is 19.1 Å². The smallest absolute Gasteiger partial charge is 0.328 e. The maximum atomic E-state index is 12.2. The Morgan fingerprint density at radius 1 is 1.18 bits per heavy atom. The number of nitrogens with zero attached hydrogens (tertiary/aromatic N) is 1. The van der Waals surface area contributed by atoms with Crippen molar-refractivity contribution in [1.29, 1.82) is 0 Å². The molecule has 0 aromatic heterocycles. The summed E-state index contributed by atoms with van der Waals surface area (Å²) in [5.74, 6) is 0.890. The minimum absolute atomic E-state index is 0.000773. The Morgan fingerprint density at radius 2 is 1.86 bits per heavy atom. The van der Waals surface area contributed by atoms with Crippen LogP contribution in [0.2, 0.25) is 0 Å². The number of hydrogen-bond acceptors (Lipinski definition) is 5. The minimum Gasteiger partial charge on any atom is -0.493 e. The van der Waals surface area contributed by atoms with Crippen molar-refractivity contribution in [3.8, 4) is 11.5 Å². The quantitative estimate of drug-likeness (QED) is 0.791. The van der Waals surface area contributed by atoms with Crippen molar-refractivity contribution in [2.75, 3.05) is 21.3 Å². The fraction of sp³-hybridized carbons (Fsp3) is 0.500. The van der Waals surface area contributed by atoms with E-state index < -0.39 is 6.04 Å². The van der Waals surface area contributed by atoms with Crippen molar-refractivity contribution < 1.29 is 23.8 Å². The molecule has 6 nitrogen and oxygen atoms in total. The Hall–Kier alpha value is -2.24. The summed E-state index contributed by atoms with van der Waals surface area (Å²) in [5, 5.41) is 0. The van der Waals surface area contributed by atoms with Gasteiger partial charge in [0.25, 0.3) is 0 Å². The van der Waals surface area contributed by atoms with Crippen LogP contribution in [0, 0.1) is 0 Å². The highest BCUT2D eigenvalue weighted by Gasteiger charge is 2.45. The van der Waals surface area contributed by atoms with Crippen molar-refractivity contribution >= 4 is 11.9 Å². The molecular weight excluding hydrogens is 286 g/mol. The summed E-state index contributed by atoms with van der Waals surface area (Å²) in [6.07, 6.45) is 1.59. The zero-order valence-corrected chi connectivity index (χ0v) is 12.9. The molecule has 0 N–H and O–H groups in total. The molecule has 6 heteroatoms. The van der Waals surface area contributed by atoms with Crippen LogP contribution in [0.3, 0.4) is 0 Å². The van der Waals surface area contributed by atoms with Gasteiger partial charge in [0.05, 0.1) is 27.4 Å². The number of fused-ring (bicyclic) bond motifs is 3. The lowest BCUT2D eigenvalue weighted by molar-refractivity contribution is -0.153. The molecule has 2 atom stereocenters. The van der Waals surface area contributed by atoms with Crippen molar-refractivity contribution in [3.63, 3.8) is 0 Å². The van der Waals surface area contributed by atoms with Crippen molar-refractivity contribution in [1.82, 2.24) is 4.90 Å². The van der Waals surface area contributed by atoms with Crippen LogP contribution in [0.4, 0.5) is 0 Å². The summed E-state index contributed by atoms with van der Waals surface area (Å²) in [6.45, 7) is 0. The summed E-state index contributed by atoms with van der Waals surface area (Å²) >= 11 is 0. The topological polar surface area (TPSA) is 65.1 Å². The van der Waals surface area contributed by atoms with Gasteiger partial charge in [-0.05, 0) is 29.7 Å². The van der Waals surface area contributed by atoms with Gasteiger partial charge in [0.1, 0.15) is 6.04 Å². The first-order valence-electron chi connectivity index (χ1n) is 7.24. The molecule has 2 aliphatic rings. The molecule has 0 radical (unpaired) electrons. The Balaban J connectivity index is 2.10. The average Bonchev–Trinajstić information content (AvgIpc) is 2.94. The summed E-state index contributed by atoms with van der Waals surface area (Å²) in [4.78, 5) is 25.9. The van der Waals surface area contributed by atoms with E-state index >= 15 is 0 Å². The zero-order chi connectivity index (χ0) is 15.9. The monoisotopic (exact) mass is 305 g/mol. The van der Waals surface area contributed by atoms with Crippen molar-refractivity contribution in [2.45, 2.75) is 31.3 Å². The molecule has 22 heavy (non-hydrogen) atoms. The molecule has 1 saturated heterocycles. The van der Waals surface area contributed by atoms with E-state index in [9.17, 15) is 9.59 Å². The first kappa shape index (κ1) is 14.7. The number of methoxy groups -OCH3 is 3. The first-order valence-corrected chi connectivity index (χ1v) is 7.24. The van der Waals surface area contributed by atoms with Crippen LogP contribution in [0.15, 0.2) is 12.1 Å². The van der Waals surface area contributed by atoms with Gasteiger partial charge in [-0.2, -0.15) is 0 Å². The second-order valence-electron chi connectivity index (χ2n) is 5.50. The van der Waals surface area contributed by atoms with Crippen LogP contribution in [-0.2, 0) is 20.7 Å². The van der Waals surface area contributed by atoms with E-state index in [1.807, 2.05) is 12.1 Å². The third-order valence-corrected chi connectivity index (χ3v) is 4.48. The van der Waals surface area contributed by atoms with Gasteiger partial charge in [-0.1, -0.05) is 0 Å². The van der Waals surface area contributed by atoms with E-state index in [1.165, 1.54) is 7.11 Å². The lowest BCUT2D eigenvalue weighted by Crippen LogP contribution is -2.48. The SMILES string of the molecule is COC(=O)[C@H]1Cc2cc(OC)c(OC)cc2[C@@H]2CCC(=O)N12. The highest BCUT2D eigenvalue weighted by Crippen LogP contribution is 2.44. The maximum Gasteiger partial charge on any atom is 0.328 e. The van der Waals surface area contributed by atoms with Crippen LogP contribution in [-0.4, -0.2) is 44.1 Å². The molecule has 0 spiro atoms. The molecule has 1 aromatic rings. The highest BCUT2D eigenvalue weighted by atomic mass is 16.5. The molecule has 0 bridgehead atoms. The number of amides is 1. The van der Waals surface area contributed by atoms with Gasteiger partial charge >= 0.3 is 5.97 Å². The summed E-state index contributed by atoms with van der Waals surface area (Å²) in [7, 11) is 4.51. The lowest BCUT2D eigenvalue weighted by atomic mass is 9.88. The normalized spacial score (nSPS) is 22.9. The van der Waals surface area contributed by atoms with Gasteiger partial charge in [0, 0.05) is 12.8 Å². The van der Waals surface area contributed by atoms with Crippen LogP contribution >= 0.6 is 0 Å². The Kier molecular flexibility index (Phi) is 3.68. The molecule has 118 valence electrons. The fourth-order valence-electron chi connectivity index (χ4n) is 3.46. The number of carbonyl (C=O) groups is 2. The standard InChI is InChI=1S/C16H19NO5/c1-20-13-7-9-6-12(16(19)22-3)17-11(4-5-15(17)18)10(9)8-14(13)21-2/h7-8,11-12H,4-6H2,1-3H3/t11-,12+/m0/s1. The predicted molar refractivity (Wildman–Crippen MR) is 77.9 cm³/mol. The van der Waals surface area contributed by atoms with Gasteiger partial charge < -0.3 is 19.1 Å². The van der Waals surface area contributed by atoms with Crippen LogP contribution < -0.4 is 9.47 Å².